The van der Waals surface area contributed by atoms with Crippen molar-refractivity contribution in [2.75, 3.05) is 6.73 Å². The van der Waals surface area contributed by atoms with E-state index in [2.05, 4.69) is 10.5 Å². The molecular formula is C6H7N4OS. The van der Waals surface area contributed by atoms with Crippen LogP contribution in [0, 0.1) is 0 Å². The van der Waals surface area contributed by atoms with Gasteiger partial charge in [-0.1, -0.05) is 12.6 Å². The van der Waals surface area contributed by atoms with Gasteiger partial charge in [-0.25, -0.2) is 10.0 Å². The second-order valence-electron chi connectivity index (χ2n) is 2.32. The molecule has 2 heterocycles. The lowest BCUT2D eigenvalue weighted by Gasteiger charge is -2.22. The summed E-state index contributed by atoms with van der Waals surface area (Å²) in [6.07, 6.45) is 5.02. The fourth-order valence-corrected chi connectivity index (χ4v) is 1.18. The van der Waals surface area contributed by atoms with E-state index in [1.807, 2.05) is 0 Å². The number of allylic oxidation sites excluding steroid dienone is 1. The van der Waals surface area contributed by atoms with Crippen molar-refractivity contribution < 1.29 is 5.11 Å². The predicted octanol–water partition coefficient (Wildman–Crippen LogP) is -0.104. The van der Waals surface area contributed by atoms with Crippen molar-refractivity contribution in [2.45, 2.75) is 0 Å². The summed E-state index contributed by atoms with van der Waals surface area (Å²) in [6, 6.07) is 0. The molecular weight excluding hydrogens is 176 g/mol. The molecule has 0 amide bonds. The first kappa shape index (κ1) is 7.53. The summed E-state index contributed by atoms with van der Waals surface area (Å²) in [5.74, 6) is 0.691. The Bertz CT molecular complexity index is 285. The molecule has 12 heavy (non-hydrogen) atoms. The van der Waals surface area contributed by atoms with Gasteiger partial charge < -0.3 is 5.11 Å². The molecule has 2 N–H and O–H groups in total. The van der Waals surface area contributed by atoms with E-state index in [0.29, 0.717) is 10.9 Å². The van der Waals surface area contributed by atoms with Gasteiger partial charge in [-0.15, -0.1) is 5.53 Å². The van der Waals surface area contributed by atoms with Gasteiger partial charge in [-0.3, -0.25) is 5.01 Å². The molecule has 0 aromatic rings. The van der Waals surface area contributed by atoms with Crippen LogP contribution in [0.1, 0.15) is 0 Å². The van der Waals surface area contributed by atoms with Crippen molar-refractivity contribution in [1.82, 2.24) is 15.6 Å². The van der Waals surface area contributed by atoms with Crippen LogP contribution in [0.2, 0.25) is 0 Å². The Morgan fingerprint density at radius 3 is 3.17 bits per heavy atom. The number of aliphatic hydroxyl groups excluding tert-OH is 1. The quantitative estimate of drug-likeness (QED) is 0.596. The third-order valence-corrected chi connectivity index (χ3v) is 1.84. The number of rotatable bonds is 1. The molecule has 0 bridgehead atoms. The number of nitrogens with zero attached hydrogens (tertiary/aromatic N) is 3. The number of hydrogen-bond donors (Lipinski definition) is 2. The van der Waals surface area contributed by atoms with Gasteiger partial charge in [0.15, 0.2) is 5.82 Å². The lowest BCUT2D eigenvalue weighted by atomic mass is 10.5. The summed E-state index contributed by atoms with van der Waals surface area (Å²) in [5, 5.41) is 12.5. The minimum Gasteiger partial charge on any atom is -0.375 e. The van der Waals surface area contributed by atoms with Crippen molar-refractivity contribution >= 4 is 18.8 Å². The number of hydrogen-bond acceptors (Lipinski definition) is 5. The maximum atomic E-state index is 8.79. The number of nitrogens with one attached hydrogen (secondary N) is 1. The average Bonchev–Trinajstić information content (AvgIpc) is 2.49. The molecule has 2 aliphatic rings. The van der Waals surface area contributed by atoms with E-state index in [1.165, 1.54) is 5.01 Å². The zero-order valence-corrected chi connectivity index (χ0v) is 6.95. The van der Waals surface area contributed by atoms with Crippen LogP contribution < -0.4 is 5.53 Å². The summed E-state index contributed by atoms with van der Waals surface area (Å²) < 4.78 is 0. The molecule has 0 unspecified atom stereocenters. The Balaban J connectivity index is 2.24. The lowest BCUT2D eigenvalue weighted by Crippen LogP contribution is -2.39. The molecule has 0 aliphatic carbocycles. The number of hydrazine groups is 2. The van der Waals surface area contributed by atoms with E-state index < -0.39 is 0 Å². The molecule has 6 heteroatoms. The van der Waals surface area contributed by atoms with Gasteiger partial charge in [0.1, 0.15) is 11.8 Å². The Hall–Kier alpha value is -1.11. The van der Waals surface area contributed by atoms with E-state index in [-0.39, 0.29) is 6.73 Å². The molecule has 0 fully saturated rings. The number of aliphatic imine (C=N–C) groups is 1. The van der Waals surface area contributed by atoms with E-state index >= 15 is 0 Å². The van der Waals surface area contributed by atoms with Crippen LogP contribution in [-0.2, 0) is 0 Å². The highest BCUT2D eigenvalue weighted by atomic mass is 32.1. The zero-order valence-electron chi connectivity index (χ0n) is 6.14. The fourth-order valence-electron chi connectivity index (χ4n) is 0.983. The van der Waals surface area contributed by atoms with Gasteiger partial charge in [0.25, 0.3) is 0 Å². The van der Waals surface area contributed by atoms with Crippen molar-refractivity contribution in [3.63, 3.8) is 0 Å². The maximum absolute atomic E-state index is 8.79. The van der Waals surface area contributed by atoms with Gasteiger partial charge in [-0.05, 0) is 6.08 Å². The molecule has 0 saturated heterocycles. The summed E-state index contributed by atoms with van der Waals surface area (Å²) in [4.78, 5) is 4.04. The second-order valence-corrected chi connectivity index (χ2v) is 2.74. The normalized spacial score (nSPS) is 20.8. The van der Waals surface area contributed by atoms with Gasteiger partial charge >= 0.3 is 0 Å². The molecule has 0 spiro atoms. The van der Waals surface area contributed by atoms with Crippen LogP contribution in [0.5, 0.6) is 0 Å². The highest BCUT2D eigenvalue weighted by Gasteiger charge is 2.23. The first-order chi connectivity index (χ1) is 5.81. The van der Waals surface area contributed by atoms with Gasteiger partial charge in [0.2, 0.25) is 0 Å². The Labute approximate surface area is 75.0 Å². The fraction of sp³-hybridized carbons (Fsp3) is 0.167. The molecule has 2 aliphatic heterocycles. The highest BCUT2D eigenvalue weighted by Crippen LogP contribution is 2.22. The second kappa shape index (κ2) is 2.74. The lowest BCUT2D eigenvalue weighted by molar-refractivity contribution is 0.0681. The van der Waals surface area contributed by atoms with Crippen LogP contribution in [0.15, 0.2) is 28.1 Å². The van der Waals surface area contributed by atoms with E-state index in [1.54, 1.807) is 23.5 Å². The smallest absolute Gasteiger partial charge is 0.167 e. The van der Waals surface area contributed by atoms with Crippen LogP contribution in [-0.4, -0.2) is 28.1 Å². The van der Waals surface area contributed by atoms with Crippen molar-refractivity contribution in [2.24, 2.45) is 4.99 Å². The zero-order chi connectivity index (χ0) is 8.55. The summed E-state index contributed by atoms with van der Waals surface area (Å²) in [6.45, 7) is -0.113. The Morgan fingerprint density at radius 1 is 1.67 bits per heavy atom. The maximum Gasteiger partial charge on any atom is 0.167 e. The first-order valence-electron chi connectivity index (χ1n) is 3.38. The molecule has 2 rings (SSSR count). The predicted molar refractivity (Wildman–Crippen MR) is 46.1 cm³/mol. The Morgan fingerprint density at radius 2 is 2.50 bits per heavy atom. The third kappa shape index (κ3) is 1.06. The highest BCUT2D eigenvalue weighted by molar-refractivity contribution is 7.84. The number of fused-ring (bicyclic) bond motifs is 1. The largest absolute Gasteiger partial charge is 0.375 e. The topological polar surface area (TPSA) is 51.1 Å². The van der Waals surface area contributed by atoms with Gasteiger partial charge in [0, 0.05) is 6.21 Å². The van der Waals surface area contributed by atoms with Crippen LogP contribution in [0.25, 0.3) is 0 Å². The Kier molecular flexibility index (Phi) is 1.72. The molecule has 63 valence electrons. The van der Waals surface area contributed by atoms with E-state index in [9.17, 15) is 0 Å². The van der Waals surface area contributed by atoms with Gasteiger partial charge in [0.05, 0.1) is 6.20 Å². The van der Waals surface area contributed by atoms with Crippen molar-refractivity contribution in [3.8, 4) is 0 Å². The van der Waals surface area contributed by atoms with Crippen LogP contribution in [0.4, 0.5) is 0 Å². The average molecular weight is 183 g/mol. The third-order valence-electron chi connectivity index (χ3n) is 1.53. The number of aliphatic hydroxyl groups is 1. The van der Waals surface area contributed by atoms with Crippen molar-refractivity contribution in [1.29, 1.82) is 0 Å². The summed E-state index contributed by atoms with van der Waals surface area (Å²) in [5.41, 5.74) is 2.83. The summed E-state index contributed by atoms with van der Waals surface area (Å²) in [7, 11) is 0. The first-order valence-corrected chi connectivity index (χ1v) is 3.79. The minimum atomic E-state index is -0.113. The molecule has 1 radical (unpaired) electrons. The van der Waals surface area contributed by atoms with Crippen LogP contribution >= 0.6 is 12.6 Å². The van der Waals surface area contributed by atoms with Gasteiger partial charge in [-0.2, -0.15) is 0 Å². The molecule has 5 nitrogen and oxygen atoms in total. The molecule has 0 saturated carbocycles. The molecule has 0 aromatic carbocycles. The van der Waals surface area contributed by atoms with E-state index in [4.69, 9.17) is 17.7 Å². The molecule has 0 atom stereocenters. The standard InChI is InChI=1S/C6H7N4OS/c11-4-9-3-5-7-2-1-6(12)10(5)8-9/h1-3,8,11H,4H2. The van der Waals surface area contributed by atoms with Crippen LogP contribution in [0.3, 0.4) is 0 Å². The monoisotopic (exact) mass is 183 g/mol. The SMILES string of the molecule is OCN1C=C2N=CC=C([S])N2N1. The minimum absolute atomic E-state index is 0.113. The molecule has 0 aromatic heterocycles. The van der Waals surface area contributed by atoms with E-state index in [0.717, 1.165) is 0 Å². The van der Waals surface area contributed by atoms with Crippen molar-refractivity contribution in [3.05, 3.63) is 23.1 Å². The summed E-state index contributed by atoms with van der Waals surface area (Å²) >= 11 is 5.01.